The molecule has 0 saturated carbocycles. The summed E-state index contributed by atoms with van der Waals surface area (Å²) in [7, 11) is 0. The number of rotatable bonds is 0. The second-order valence-corrected chi connectivity index (χ2v) is 2.20. The molecule has 1 rings (SSSR count). The Bertz CT molecular complexity index is 199. The summed E-state index contributed by atoms with van der Waals surface area (Å²) < 4.78 is 0. The molecule has 2 heteroatoms. The first-order valence-electron chi connectivity index (χ1n) is 2.94. The van der Waals surface area contributed by atoms with Crippen molar-refractivity contribution in [3.8, 4) is 0 Å². The minimum Gasteiger partial charge on any atom is -0.282 e. The molecule has 0 spiro atoms. The Labute approximate surface area is 55.0 Å². The smallest absolute Gasteiger partial charge is 0.0773 e. The molecule has 0 saturated heterocycles. The third kappa shape index (κ3) is 1.25. The Morgan fingerprint density at radius 2 is 2.11 bits per heavy atom. The van der Waals surface area contributed by atoms with Crippen LogP contribution in [0.25, 0.3) is 0 Å². The fraction of sp³-hybridized carbons (Fsp3) is 0.429. The Morgan fingerprint density at radius 3 is 2.56 bits per heavy atom. The predicted octanol–water partition coefficient (Wildman–Crippen LogP) is 1.44. The fourth-order valence-electron chi connectivity index (χ4n) is 0.671. The van der Waals surface area contributed by atoms with Gasteiger partial charge in [0.05, 0.1) is 18.0 Å². The Morgan fingerprint density at radius 1 is 1.44 bits per heavy atom. The monoisotopic (exact) mass is 122 g/mol. The average molecular weight is 122 g/mol. The molecule has 0 N–H and O–H groups in total. The number of hydrogen-bond acceptors (Lipinski definition) is 2. The van der Waals surface area contributed by atoms with Gasteiger partial charge in [0, 0.05) is 5.71 Å². The Hall–Kier alpha value is -0.920. The fourth-order valence-corrected chi connectivity index (χ4v) is 0.671. The topological polar surface area (TPSA) is 24.7 Å². The quantitative estimate of drug-likeness (QED) is 0.464. The minimum absolute atomic E-state index is 0.741. The molecule has 0 amide bonds. The molecular weight excluding hydrogens is 112 g/mol. The van der Waals surface area contributed by atoms with Gasteiger partial charge in [-0.1, -0.05) is 6.58 Å². The van der Waals surface area contributed by atoms with E-state index in [0.717, 1.165) is 23.7 Å². The van der Waals surface area contributed by atoms with Gasteiger partial charge in [0.1, 0.15) is 0 Å². The summed E-state index contributed by atoms with van der Waals surface area (Å²) in [5, 5.41) is 0. The summed E-state index contributed by atoms with van der Waals surface area (Å²) in [5.41, 5.74) is 2.81. The molecule has 1 aliphatic rings. The molecule has 0 fully saturated rings. The van der Waals surface area contributed by atoms with E-state index >= 15 is 0 Å². The molecule has 0 aliphatic carbocycles. The number of aliphatic imine (C=N–C) groups is 2. The van der Waals surface area contributed by atoms with Gasteiger partial charge in [0.25, 0.3) is 0 Å². The van der Waals surface area contributed by atoms with Crippen molar-refractivity contribution in [2.75, 3.05) is 6.54 Å². The van der Waals surface area contributed by atoms with Gasteiger partial charge in [0.2, 0.25) is 0 Å². The van der Waals surface area contributed by atoms with E-state index < -0.39 is 0 Å². The Kier molecular flexibility index (Phi) is 1.47. The normalized spacial score (nSPS) is 19.1. The van der Waals surface area contributed by atoms with Crippen LogP contribution in [0.2, 0.25) is 0 Å². The van der Waals surface area contributed by atoms with Crippen LogP contribution >= 0.6 is 0 Å². The molecule has 1 aliphatic heterocycles. The first-order valence-corrected chi connectivity index (χ1v) is 2.94. The highest BCUT2D eigenvalue weighted by atomic mass is 14.9. The van der Waals surface area contributed by atoms with Crippen molar-refractivity contribution in [3.05, 3.63) is 12.3 Å². The van der Waals surface area contributed by atoms with Crippen molar-refractivity contribution in [1.82, 2.24) is 0 Å². The minimum atomic E-state index is 0.741. The summed E-state index contributed by atoms with van der Waals surface area (Å²) >= 11 is 0. The van der Waals surface area contributed by atoms with E-state index in [1.807, 2.05) is 13.8 Å². The first-order chi connectivity index (χ1) is 4.20. The van der Waals surface area contributed by atoms with Gasteiger partial charge < -0.3 is 0 Å². The third-order valence-corrected chi connectivity index (χ3v) is 1.29. The van der Waals surface area contributed by atoms with Gasteiger partial charge in [-0.2, -0.15) is 0 Å². The van der Waals surface area contributed by atoms with E-state index in [9.17, 15) is 0 Å². The first kappa shape index (κ1) is 6.20. The molecule has 0 aromatic rings. The van der Waals surface area contributed by atoms with Crippen LogP contribution in [0.1, 0.15) is 13.8 Å². The molecule has 0 radical (unpaired) electrons. The van der Waals surface area contributed by atoms with Crippen molar-refractivity contribution >= 4 is 11.4 Å². The van der Waals surface area contributed by atoms with Crippen LogP contribution in [0.3, 0.4) is 0 Å². The maximum Gasteiger partial charge on any atom is 0.0773 e. The zero-order valence-corrected chi connectivity index (χ0v) is 5.81. The van der Waals surface area contributed by atoms with Gasteiger partial charge in [-0.05, 0) is 13.8 Å². The number of hydrogen-bond donors (Lipinski definition) is 0. The van der Waals surface area contributed by atoms with E-state index in [0.29, 0.717) is 0 Å². The molecule has 0 aromatic heterocycles. The molecular formula is C7H10N2. The summed E-state index contributed by atoms with van der Waals surface area (Å²) in [6.45, 7) is 8.36. The van der Waals surface area contributed by atoms with Crippen molar-refractivity contribution in [2.45, 2.75) is 13.8 Å². The van der Waals surface area contributed by atoms with E-state index in [-0.39, 0.29) is 0 Å². The lowest BCUT2D eigenvalue weighted by Gasteiger charge is -2.06. The largest absolute Gasteiger partial charge is 0.282 e. The van der Waals surface area contributed by atoms with Crippen LogP contribution in [0.15, 0.2) is 22.3 Å². The van der Waals surface area contributed by atoms with E-state index in [2.05, 4.69) is 16.6 Å². The summed E-state index contributed by atoms with van der Waals surface area (Å²) in [6, 6.07) is 0. The third-order valence-electron chi connectivity index (χ3n) is 1.29. The van der Waals surface area contributed by atoms with E-state index in [1.165, 1.54) is 0 Å². The predicted molar refractivity (Wildman–Crippen MR) is 40.2 cm³/mol. The number of allylic oxidation sites excluding steroid dienone is 1. The molecule has 0 aromatic carbocycles. The van der Waals surface area contributed by atoms with Gasteiger partial charge in [-0.25, -0.2) is 0 Å². The van der Waals surface area contributed by atoms with Gasteiger partial charge in [-0.15, -0.1) is 0 Å². The molecule has 0 bridgehead atoms. The van der Waals surface area contributed by atoms with E-state index in [1.54, 1.807) is 0 Å². The zero-order valence-electron chi connectivity index (χ0n) is 5.81. The van der Waals surface area contributed by atoms with Crippen LogP contribution in [-0.4, -0.2) is 18.0 Å². The summed E-state index contributed by atoms with van der Waals surface area (Å²) in [5.74, 6) is 0. The van der Waals surface area contributed by atoms with E-state index in [4.69, 9.17) is 0 Å². The molecule has 0 unspecified atom stereocenters. The molecule has 9 heavy (non-hydrogen) atoms. The van der Waals surface area contributed by atoms with Crippen molar-refractivity contribution in [2.24, 2.45) is 9.98 Å². The van der Waals surface area contributed by atoms with Crippen LogP contribution in [0.4, 0.5) is 0 Å². The molecule has 2 nitrogen and oxygen atoms in total. The lowest BCUT2D eigenvalue weighted by Crippen LogP contribution is -2.09. The van der Waals surface area contributed by atoms with Gasteiger partial charge in [0.15, 0.2) is 0 Å². The molecule has 48 valence electrons. The highest BCUT2D eigenvalue weighted by Crippen LogP contribution is 2.03. The summed E-state index contributed by atoms with van der Waals surface area (Å²) in [6.07, 6.45) is 0. The highest BCUT2D eigenvalue weighted by Gasteiger charge is 2.02. The Balaban J connectivity index is 2.82. The van der Waals surface area contributed by atoms with Crippen LogP contribution in [0.5, 0.6) is 0 Å². The van der Waals surface area contributed by atoms with Crippen molar-refractivity contribution in [3.63, 3.8) is 0 Å². The van der Waals surface area contributed by atoms with Gasteiger partial charge in [-0.3, -0.25) is 9.98 Å². The van der Waals surface area contributed by atoms with Crippen LogP contribution in [-0.2, 0) is 0 Å². The van der Waals surface area contributed by atoms with Gasteiger partial charge >= 0.3 is 0 Å². The number of nitrogens with zero attached hydrogens (tertiary/aromatic N) is 2. The highest BCUT2D eigenvalue weighted by molar-refractivity contribution is 6.04. The lowest BCUT2D eigenvalue weighted by atomic mass is 10.2. The second-order valence-electron chi connectivity index (χ2n) is 2.20. The van der Waals surface area contributed by atoms with Crippen molar-refractivity contribution in [1.29, 1.82) is 0 Å². The van der Waals surface area contributed by atoms with Crippen molar-refractivity contribution < 1.29 is 0 Å². The maximum atomic E-state index is 4.18. The molecule has 1 heterocycles. The second kappa shape index (κ2) is 2.13. The average Bonchev–Trinajstić information content (AvgIpc) is 1.80. The zero-order chi connectivity index (χ0) is 6.85. The maximum absolute atomic E-state index is 4.18. The molecule has 0 atom stereocenters. The lowest BCUT2D eigenvalue weighted by molar-refractivity contribution is 1.20. The van der Waals surface area contributed by atoms with Crippen LogP contribution < -0.4 is 0 Å². The summed E-state index contributed by atoms with van der Waals surface area (Å²) in [4.78, 5) is 8.33. The SMILES string of the molecule is C=C1N=C(C)CN=C1C. The standard InChI is InChI=1S/C7H10N2/c1-5-4-8-6(2)7(3)9-5/h3-4H2,1-2H3. The van der Waals surface area contributed by atoms with Crippen LogP contribution in [0, 0.1) is 0 Å².